The highest BCUT2D eigenvalue weighted by Gasteiger charge is 2.57. The van der Waals surface area contributed by atoms with E-state index in [4.69, 9.17) is 4.74 Å². The van der Waals surface area contributed by atoms with Gasteiger partial charge in [0.25, 0.3) is 5.91 Å². The lowest BCUT2D eigenvalue weighted by molar-refractivity contribution is -0.134. The minimum atomic E-state index is -1.12. The molecule has 0 radical (unpaired) electrons. The van der Waals surface area contributed by atoms with E-state index in [9.17, 15) is 9.59 Å². The van der Waals surface area contributed by atoms with Crippen molar-refractivity contribution in [3.8, 4) is 5.75 Å². The van der Waals surface area contributed by atoms with E-state index < -0.39 is 5.54 Å². The summed E-state index contributed by atoms with van der Waals surface area (Å²) in [7, 11) is 1.68. The van der Waals surface area contributed by atoms with Crippen LogP contribution in [0.4, 0.5) is 4.79 Å². The zero-order valence-corrected chi connectivity index (χ0v) is 20.7. The van der Waals surface area contributed by atoms with E-state index in [1.165, 1.54) is 10.5 Å². The number of pyridine rings is 1. The van der Waals surface area contributed by atoms with Gasteiger partial charge in [-0.05, 0) is 79.5 Å². The maximum atomic E-state index is 13.9. The zero-order chi connectivity index (χ0) is 24.3. The average molecular weight is 491 g/mol. The largest absolute Gasteiger partial charge is 0.497 e. The first-order valence-corrected chi connectivity index (χ1v) is 12.9. The third-order valence-electron chi connectivity index (χ3n) is 7.10. The number of urea groups is 1. The van der Waals surface area contributed by atoms with Crippen LogP contribution in [-0.2, 0) is 23.3 Å². The number of nitrogens with zero attached hydrogens (tertiary/aromatic N) is 3. The van der Waals surface area contributed by atoms with Crippen molar-refractivity contribution in [3.05, 3.63) is 82.3 Å². The first-order valence-electron chi connectivity index (χ1n) is 12.0. The number of amides is 3. The quantitative estimate of drug-likeness (QED) is 0.482. The Labute approximate surface area is 209 Å². The van der Waals surface area contributed by atoms with Gasteiger partial charge in [-0.3, -0.25) is 19.6 Å². The molecule has 5 rings (SSSR count). The average Bonchev–Trinajstić information content (AvgIpc) is 3.50. The van der Waals surface area contributed by atoms with Crippen LogP contribution in [0.2, 0.25) is 0 Å². The third-order valence-corrected chi connectivity index (χ3v) is 8.04. The van der Waals surface area contributed by atoms with Gasteiger partial charge >= 0.3 is 6.03 Å². The molecule has 0 spiro atoms. The number of hydrogen-bond donors (Lipinski definition) is 1. The molecule has 0 aliphatic carbocycles. The fourth-order valence-corrected chi connectivity index (χ4v) is 5.98. The van der Waals surface area contributed by atoms with Crippen molar-refractivity contribution < 1.29 is 14.3 Å². The molecule has 1 N–H and O–H groups in total. The van der Waals surface area contributed by atoms with E-state index in [-0.39, 0.29) is 17.9 Å². The van der Waals surface area contributed by atoms with Gasteiger partial charge in [0, 0.05) is 24.2 Å². The van der Waals surface area contributed by atoms with E-state index in [2.05, 4.69) is 27.3 Å². The number of carbonyl (C=O) groups is 2. The maximum absolute atomic E-state index is 13.9. The number of piperidine rings is 1. The van der Waals surface area contributed by atoms with Crippen molar-refractivity contribution in [2.45, 2.75) is 31.3 Å². The maximum Gasteiger partial charge on any atom is 0.325 e. The molecule has 0 bridgehead atoms. The van der Waals surface area contributed by atoms with E-state index in [0.29, 0.717) is 18.7 Å². The number of nitrogens with one attached hydrogen (secondary N) is 1. The molecule has 182 valence electrons. The fourth-order valence-electron chi connectivity index (χ4n) is 5.28. The number of aromatic nitrogens is 1. The molecule has 2 aliphatic rings. The molecule has 1 atom stereocenters. The van der Waals surface area contributed by atoms with Crippen LogP contribution in [-0.4, -0.2) is 53.5 Å². The SMILES string of the molecule is COc1cccc(CN2CCC(C3(c4ccccn4)NC(=O)N(CCc4cccs4)C3=O)CC2)c1. The second-order valence-electron chi connectivity index (χ2n) is 9.14. The van der Waals surface area contributed by atoms with Crippen molar-refractivity contribution in [2.75, 3.05) is 26.7 Å². The van der Waals surface area contributed by atoms with Gasteiger partial charge in [0.2, 0.25) is 0 Å². The molecule has 35 heavy (non-hydrogen) atoms. The van der Waals surface area contributed by atoms with Gasteiger partial charge in [0.1, 0.15) is 5.75 Å². The van der Waals surface area contributed by atoms with Crippen molar-refractivity contribution in [2.24, 2.45) is 5.92 Å². The van der Waals surface area contributed by atoms with Gasteiger partial charge in [-0.25, -0.2) is 4.79 Å². The van der Waals surface area contributed by atoms with Crippen molar-refractivity contribution in [1.82, 2.24) is 20.1 Å². The standard InChI is InChI=1S/C27H30N4O3S/c1-34-22-7-4-6-20(18-22)19-30-14-10-21(11-15-30)27(24-9-2-3-13-28-24)25(32)31(26(33)29-27)16-12-23-8-5-17-35-23/h2-9,13,17-18,21H,10-12,14-16,19H2,1H3,(H,29,33). The first-order chi connectivity index (χ1) is 17.1. The second kappa shape index (κ2) is 10.2. The Balaban J connectivity index is 1.33. The Morgan fingerprint density at radius 2 is 1.97 bits per heavy atom. The highest BCUT2D eigenvalue weighted by molar-refractivity contribution is 7.09. The normalized spacial score (nSPS) is 21.3. The van der Waals surface area contributed by atoms with Crippen molar-refractivity contribution in [1.29, 1.82) is 0 Å². The summed E-state index contributed by atoms with van der Waals surface area (Å²) in [5.74, 6) is 0.652. The van der Waals surface area contributed by atoms with Gasteiger partial charge < -0.3 is 10.1 Å². The molecule has 3 amide bonds. The molecule has 2 aromatic heterocycles. The van der Waals surface area contributed by atoms with Crippen molar-refractivity contribution in [3.63, 3.8) is 0 Å². The molecular weight excluding hydrogens is 460 g/mol. The molecule has 8 heteroatoms. The van der Waals surface area contributed by atoms with Crippen LogP contribution in [0.1, 0.15) is 29.0 Å². The number of hydrogen-bond acceptors (Lipinski definition) is 6. The Bertz CT molecular complexity index is 1160. The zero-order valence-electron chi connectivity index (χ0n) is 19.9. The lowest BCUT2D eigenvalue weighted by Gasteiger charge is -2.40. The number of benzene rings is 1. The van der Waals surface area contributed by atoms with Crippen LogP contribution in [0.25, 0.3) is 0 Å². The summed E-state index contributed by atoms with van der Waals surface area (Å²) in [5, 5.41) is 5.12. The number of carbonyl (C=O) groups excluding carboxylic acids is 2. The first kappa shape index (κ1) is 23.5. The number of methoxy groups -OCH3 is 1. The van der Waals surface area contributed by atoms with Crippen LogP contribution in [0, 0.1) is 5.92 Å². The Morgan fingerprint density at radius 1 is 1.11 bits per heavy atom. The highest BCUT2D eigenvalue weighted by Crippen LogP contribution is 2.41. The van der Waals surface area contributed by atoms with Crippen LogP contribution in [0.3, 0.4) is 0 Å². The topological polar surface area (TPSA) is 74.8 Å². The van der Waals surface area contributed by atoms with E-state index in [1.807, 2.05) is 47.8 Å². The number of thiophene rings is 1. The van der Waals surface area contributed by atoms with Gasteiger partial charge in [-0.1, -0.05) is 24.3 Å². The monoisotopic (exact) mass is 490 g/mol. The van der Waals surface area contributed by atoms with Crippen LogP contribution in [0.15, 0.2) is 66.2 Å². The Morgan fingerprint density at radius 3 is 2.69 bits per heavy atom. The molecule has 4 heterocycles. The van der Waals surface area contributed by atoms with Gasteiger partial charge in [0.15, 0.2) is 5.54 Å². The molecule has 2 saturated heterocycles. The minimum absolute atomic E-state index is 0.0258. The third kappa shape index (κ3) is 4.68. The summed E-state index contributed by atoms with van der Waals surface area (Å²) in [6.07, 6.45) is 3.95. The van der Waals surface area contributed by atoms with Crippen LogP contribution < -0.4 is 10.1 Å². The summed E-state index contributed by atoms with van der Waals surface area (Å²) < 4.78 is 5.36. The summed E-state index contributed by atoms with van der Waals surface area (Å²) in [6.45, 7) is 2.88. The molecule has 2 fully saturated rings. The van der Waals surface area contributed by atoms with E-state index in [0.717, 1.165) is 43.1 Å². The number of imide groups is 1. The highest BCUT2D eigenvalue weighted by atomic mass is 32.1. The molecule has 2 aliphatic heterocycles. The Kier molecular flexibility index (Phi) is 6.83. The predicted molar refractivity (Wildman–Crippen MR) is 135 cm³/mol. The number of ether oxygens (including phenoxy) is 1. The smallest absolute Gasteiger partial charge is 0.325 e. The van der Waals surface area contributed by atoms with E-state index >= 15 is 0 Å². The molecule has 3 aromatic rings. The minimum Gasteiger partial charge on any atom is -0.497 e. The Hall–Kier alpha value is -3.23. The number of rotatable bonds is 8. The lowest BCUT2D eigenvalue weighted by Crippen LogP contribution is -2.54. The van der Waals surface area contributed by atoms with Crippen molar-refractivity contribution >= 4 is 23.3 Å². The molecule has 0 saturated carbocycles. The molecule has 1 aromatic carbocycles. The number of likely N-dealkylation sites (tertiary alicyclic amines) is 1. The summed E-state index contributed by atoms with van der Waals surface area (Å²) in [5.41, 5.74) is 0.714. The summed E-state index contributed by atoms with van der Waals surface area (Å²) in [4.78, 5) is 36.5. The fraction of sp³-hybridized carbons (Fsp3) is 0.370. The molecule has 1 unspecified atom stereocenters. The lowest BCUT2D eigenvalue weighted by atomic mass is 9.75. The van der Waals surface area contributed by atoms with Gasteiger partial charge in [-0.15, -0.1) is 11.3 Å². The van der Waals surface area contributed by atoms with E-state index in [1.54, 1.807) is 24.6 Å². The van der Waals surface area contributed by atoms with Gasteiger partial charge in [-0.2, -0.15) is 0 Å². The van der Waals surface area contributed by atoms with Crippen LogP contribution >= 0.6 is 11.3 Å². The van der Waals surface area contributed by atoms with Crippen LogP contribution in [0.5, 0.6) is 5.75 Å². The molecule has 7 nitrogen and oxygen atoms in total. The van der Waals surface area contributed by atoms with Gasteiger partial charge in [0.05, 0.1) is 12.8 Å². The summed E-state index contributed by atoms with van der Waals surface area (Å²) in [6, 6.07) is 17.4. The summed E-state index contributed by atoms with van der Waals surface area (Å²) >= 11 is 1.64. The predicted octanol–water partition coefficient (Wildman–Crippen LogP) is 4.05. The second-order valence-corrected chi connectivity index (χ2v) is 10.2. The molecular formula is C27H30N4O3S.